The molecular weight excluding hydrogens is 386 g/mol. The Hall–Kier alpha value is -4.06. The highest BCUT2D eigenvalue weighted by Crippen LogP contribution is 2.33. The second-order valence-electron chi connectivity index (χ2n) is 7.19. The number of nitrogens with one attached hydrogen (secondary N) is 2. The molecule has 4 aromatic rings. The van der Waals surface area contributed by atoms with Crippen LogP contribution in [-0.2, 0) is 6.42 Å². The molecule has 0 aliphatic rings. The number of para-hydroxylation sites is 1. The third kappa shape index (κ3) is 4.93. The highest BCUT2D eigenvalue weighted by atomic mass is 16.2. The summed E-state index contributed by atoms with van der Waals surface area (Å²) in [7, 11) is 0. The van der Waals surface area contributed by atoms with Crippen LogP contribution in [0.1, 0.15) is 12.0 Å². The lowest BCUT2D eigenvalue weighted by Gasteiger charge is -2.09. The molecule has 0 atom stereocenters. The van der Waals surface area contributed by atoms with Crippen LogP contribution in [0.15, 0.2) is 91.0 Å². The number of nitrogen functional groups attached to an aromatic ring is 1. The van der Waals surface area contributed by atoms with E-state index in [0.29, 0.717) is 23.7 Å². The van der Waals surface area contributed by atoms with Gasteiger partial charge in [-0.2, -0.15) is 5.10 Å². The number of aryl methyl sites for hydroxylation is 1. The minimum absolute atomic E-state index is 0.301. The lowest BCUT2D eigenvalue weighted by Crippen LogP contribution is -2.30. The first-order chi connectivity index (χ1) is 15.2. The van der Waals surface area contributed by atoms with E-state index < -0.39 is 0 Å². The van der Waals surface area contributed by atoms with Crippen LogP contribution in [0.25, 0.3) is 16.9 Å². The van der Waals surface area contributed by atoms with Crippen LogP contribution in [0.2, 0.25) is 0 Å². The van der Waals surface area contributed by atoms with Gasteiger partial charge in [-0.25, -0.2) is 9.48 Å². The number of amides is 2. The summed E-state index contributed by atoms with van der Waals surface area (Å²) in [5.41, 5.74) is 10.5. The molecular formula is C25H25N5O. The van der Waals surface area contributed by atoms with Crippen LogP contribution >= 0.6 is 0 Å². The molecule has 2 amide bonds. The zero-order valence-electron chi connectivity index (χ0n) is 17.2. The van der Waals surface area contributed by atoms with Crippen LogP contribution < -0.4 is 16.4 Å². The molecule has 1 heterocycles. The molecule has 0 saturated carbocycles. The van der Waals surface area contributed by atoms with Gasteiger partial charge in [-0.3, -0.25) is 0 Å². The fourth-order valence-electron chi connectivity index (χ4n) is 3.42. The van der Waals surface area contributed by atoms with E-state index in [-0.39, 0.29) is 6.03 Å². The Morgan fingerprint density at radius 3 is 2.16 bits per heavy atom. The summed E-state index contributed by atoms with van der Waals surface area (Å²) in [6, 6.07) is 29.2. The van der Waals surface area contributed by atoms with Gasteiger partial charge in [0.05, 0.1) is 5.69 Å². The first-order valence-corrected chi connectivity index (χ1v) is 10.3. The van der Waals surface area contributed by atoms with Crippen molar-refractivity contribution in [1.82, 2.24) is 15.1 Å². The van der Waals surface area contributed by atoms with Gasteiger partial charge in [-0.05, 0) is 30.5 Å². The largest absolute Gasteiger partial charge is 0.382 e. The average molecular weight is 412 g/mol. The van der Waals surface area contributed by atoms with E-state index in [1.807, 2.05) is 78.9 Å². The molecule has 1 aromatic heterocycles. The van der Waals surface area contributed by atoms with Gasteiger partial charge in [0.2, 0.25) is 0 Å². The monoisotopic (exact) mass is 411 g/mol. The summed E-state index contributed by atoms with van der Waals surface area (Å²) in [5, 5.41) is 10.5. The van der Waals surface area contributed by atoms with Crippen molar-refractivity contribution < 1.29 is 4.79 Å². The lowest BCUT2D eigenvalue weighted by molar-refractivity contribution is 0.252. The predicted octanol–water partition coefficient (Wildman–Crippen LogP) is 4.88. The Labute approximate surface area is 181 Å². The van der Waals surface area contributed by atoms with Crippen molar-refractivity contribution in [3.8, 4) is 16.9 Å². The standard InChI is InChI=1S/C25H25N5O/c26-24-23(28-25(31)27-18-10-13-19-11-4-1-5-12-19)22(20-14-6-2-7-15-20)29-30(24)21-16-8-3-9-17-21/h1-9,11-12,14-17H,10,13,18,26H2,(H2,27,28,31). The van der Waals surface area contributed by atoms with E-state index in [9.17, 15) is 4.79 Å². The Balaban J connectivity index is 1.50. The number of hydrogen-bond acceptors (Lipinski definition) is 3. The van der Waals surface area contributed by atoms with Crippen molar-refractivity contribution in [2.75, 3.05) is 17.6 Å². The maximum absolute atomic E-state index is 12.6. The fourth-order valence-corrected chi connectivity index (χ4v) is 3.42. The zero-order valence-corrected chi connectivity index (χ0v) is 17.2. The fraction of sp³-hybridized carbons (Fsp3) is 0.120. The topological polar surface area (TPSA) is 85.0 Å². The number of nitrogens with zero attached hydrogens (tertiary/aromatic N) is 2. The number of benzene rings is 3. The van der Waals surface area contributed by atoms with Crippen LogP contribution in [0.5, 0.6) is 0 Å². The number of nitrogens with two attached hydrogens (primary N) is 1. The second kappa shape index (κ2) is 9.63. The number of carbonyl (C=O) groups excluding carboxylic acids is 1. The molecule has 156 valence electrons. The van der Waals surface area contributed by atoms with Crippen LogP contribution in [0.3, 0.4) is 0 Å². The number of hydrogen-bond donors (Lipinski definition) is 3. The average Bonchev–Trinajstić information content (AvgIpc) is 3.14. The van der Waals surface area contributed by atoms with Crippen LogP contribution in [0, 0.1) is 0 Å². The van der Waals surface area contributed by atoms with Gasteiger partial charge in [-0.15, -0.1) is 0 Å². The lowest BCUT2D eigenvalue weighted by atomic mass is 10.1. The molecule has 3 aromatic carbocycles. The van der Waals surface area contributed by atoms with Gasteiger partial charge in [0, 0.05) is 12.1 Å². The van der Waals surface area contributed by atoms with Crippen LogP contribution in [-0.4, -0.2) is 22.4 Å². The zero-order chi connectivity index (χ0) is 21.5. The molecule has 4 N–H and O–H groups in total. The molecule has 4 rings (SSSR count). The maximum Gasteiger partial charge on any atom is 0.319 e. The molecule has 0 bridgehead atoms. The number of rotatable bonds is 7. The third-order valence-electron chi connectivity index (χ3n) is 4.98. The quantitative estimate of drug-likeness (QED) is 0.379. The normalized spacial score (nSPS) is 10.6. The summed E-state index contributed by atoms with van der Waals surface area (Å²) < 4.78 is 1.65. The van der Waals surface area contributed by atoms with Gasteiger partial charge in [0.1, 0.15) is 11.4 Å². The molecule has 0 spiro atoms. The molecule has 0 radical (unpaired) electrons. The Morgan fingerprint density at radius 1 is 0.871 bits per heavy atom. The Morgan fingerprint density at radius 2 is 1.48 bits per heavy atom. The summed E-state index contributed by atoms with van der Waals surface area (Å²) in [6.07, 6.45) is 1.76. The van der Waals surface area contributed by atoms with Gasteiger partial charge in [-0.1, -0.05) is 78.9 Å². The molecule has 0 fully saturated rings. The van der Waals surface area contributed by atoms with E-state index in [4.69, 9.17) is 5.73 Å². The van der Waals surface area contributed by atoms with E-state index in [1.54, 1.807) is 4.68 Å². The minimum atomic E-state index is -0.301. The van der Waals surface area contributed by atoms with E-state index in [0.717, 1.165) is 24.1 Å². The molecule has 31 heavy (non-hydrogen) atoms. The highest BCUT2D eigenvalue weighted by Gasteiger charge is 2.20. The maximum atomic E-state index is 12.6. The van der Waals surface area contributed by atoms with Crippen molar-refractivity contribution in [3.05, 3.63) is 96.6 Å². The Bertz CT molecular complexity index is 1120. The second-order valence-corrected chi connectivity index (χ2v) is 7.19. The summed E-state index contributed by atoms with van der Waals surface area (Å²) >= 11 is 0. The molecule has 6 heteroatoms. The number of urea groups is 1. The van der Waals surface area contributed by atoms with Gasteiger partial charge < -0.3 is 16.4 Å². The minimum Gasteiger partial charge on any atom is -0.382 e. The molecule has 0 aliphatic carbocycles. The van der Waals surface area contributed by atoms with Crippen molar-refractivity contribution >= 4 is 17.5 Å². The van der Waals surface area contributed by atoms with E-state index in [2.05, 4.69) is 27.9 Å². The molecule has 0 unspecified atom stereocenters. The van der Waals surface area contributed by atoms with Crippen molar-refractivity contribution in [3.63, 3.8) is 0 Å². The highest BCUT2D eigenvalue weighted by molar-refractivity contribution is 5.97. The van der Waals surface area contributed by atoms with Gasteiger partial charge >= 0.3 is 6.03 Å². The molecule has 6 nitrogen and oxygen atoms in total. The van der Waals surface area contributed by atoms with Crippen molar-refractivity contribution in [2.45, 2.75) is 12.8 Å². The first-order valence-electron chi connectivity index (χ1n) is 10.3. The first kappa shape index (κ1) is 20.2. The van der Waals surface area contributed by atoms with Gasteiger partial charge in [0.25, 0.3) is 0 Å². The van der Waals surface area contributed by atoms with E-state index in [1.165, 1.54) is 5.56 Å². The van der Waals surface area contributed by atoms with Crippen molar-refractivity contribution in [1.29, 1.82) is 0 Å². The number of carbonyl (C=O) groups is 1. The smallest absolute Gasteiger partial charge is 0.319 e. The number of aromatic nitrogens is 2. The summed E-state index contributed by atoms with van der Waals surface area (Å²) in [4.78, 5) is 12.6. The molecule has 0 aliphatic heterocycles. The SMILES string of the molecule is Nc1c(NC(=O)NCCCc2ccccc2)c(-c2ccccc2)nn1-c1ccccc1. The summed E-state index contributed by atoms with van der Waals surface area (Å²) in [6.45, 7) is 0.564. The van der Waals surface area contributed by atoms with Gasteiger partial charge in [0.15, 0.2) is 5.82 Å². The molecule has 0 saturated heterocycles. The predicted molar refractivity (Wildman–Crippen MR) is 125 cm³/mol. The van der Waals surface area contributed by atoms with E-state index >= 15 is 0 Å². The number of anilines is 2. The summed E-state index contributed by atoms with van der Waals surface area (Å²) in [5.74, 6) is 0.379. The Kier molecular flexibility index (Phi) is 6.28. The van der Waals surface area contributed by atoms with Crippen molar-refractivity contribution in [2.24, 2.45) is 0 Å². The van der Waals surface area contributed by atoms with Crippen LogP contribution in [0.4, 0.5) is 16.3 Å². The third-order valence-corrected chi connectivity index (χ3v) is 4.98.